The first kappa shape index (κ1) is 19.5. The maximum absolute atomic E-state index is 9.54. The first-order valence-corrected chi connectivity index (χ1v) is 8.44. The summed E-state index contributed by atoms with van der Waals surface area (Å²) in [6.07, 6.45) is 6.11. The fraction of sp³-hybridized carbons (Fsp3) is 0.217. The van der Waals surface area contributed by atoms with E-state index < -0.39 is 0 Å². The van der Waals surface area contributed by atoms with E-state index >= 15 is 0 Å². The molecule has 24 heavy (non-hydrogen) atoms. The molecule has 0 saturated heterocycles. The number of allylic oxidation sites excluding steroid dienone is 3. The van der Waals surface area contributed by atoms with Gasteiger partial charge < -0.3 is 5.11 Å². The molecule has 0 aromatic heterocycles. The Kier molecular flexibility index (Phi) is 8.99. The normalized spacial score (nSPS) is 11.0. The first-order chi connectivity index (χ1) is 11.8. The Balaban J connectivity index is 0.00000139. The van der Waals surface area contributed by atoms with Crippen molar-refractivity contribution >= 4 is 11.1 Å². The summed E-state index contributed by atoms with van der Waals surface area (Å²) in [5.41, 5.74) is 5.24. The lowest BCUT2D eigenvalue weighted by Gasteiger charge is -2.15. The average molecular weight is 320 g/mol. The van der Waals surface area contributed by atoms with Crippen molar-refractivity contribution in [1.82, 2.24) is 0 Å². The molecule has 0 aliphatic carbocycles. The third kappa shape index (κ3) is 5.58. The average Bonchev–Trinajstić information content (AvgIpc) is 2.64. The molecule has 1 nitrogen and oxygen atoms in total. The van der Waals surface area contributed by atoms with Crippen molar-refractivity contribution in [3.8, 4) is 5.75 Å². The maximum Gasteiger partial charge on any atom is 0.115 e. The second kappa shape index (κ2) is 11.1. The number of unbranched alkanes of at least 4 members (excludes halogenated alkanes) is 1. The summed E-state index contributed by atoms with van der Waals surface area (Å²) in [6.45, 7) is 12.0. The number of rotatable bonds is 7. The first-order valence-electron chi connectivity index (χ1n) is 8.44. The topological polar surface area (TPSA) is 20.2 Å². The van der Waals surface area contributed by atoms with Gasteiger partial charge in [-0.2, -0.15) is 0 Å². The Morgan fingerprint density at radius 3 is 2.04 bits per heavy atom. The van der Waals surface area contributed by atoms with Gasteiger partial charge in [-0.05, 0) is 60.1 Å². The lowest BCUT2D eigenvalue weighted by molar-refractivity contribution is 0.475. The summed E-state index contributed by atoms with van der Waals surface area (Å²) in [6, 6.07) is 18.1. The number of hydrogen-bond acceptors (Lipinski definition) is 1. The number of phenolic OH excluding ortho intramolecular Hbond substituents is 1. The van der Waals surface area contributed by atoms with Gasteiger partial charge in [-0.25, -0.2) is 0 Å². The minimum absolute atomic E-state index is 0.312. The molecule has 1 N–H and O–H groups in total. The van der Waals surface area contributed by atoms with Crippen LogP contribution >= 0.6 is 0 Å². The molecule has 0 fully saturated rings. The van der Waals surface area contributed by atoms with Gasteiger partial charge in [-0.3, -0.25) is 0 Å². The van der Waals surface area contributed by atoms with Crippen LogP contribution < -0.4 is 0 Å². The molecule has 2 rings (SSSR count). The van der Waals surface area contributed by atoms with Crippen molar-refractivity contribution in [3.05, 3.63) is 91.5 Å². The Labute approximate surface area is 146 Å². The van der Waals surface area contributed by atoms with Crippen molar-refractivity contribution < 1.29 is 5.11 Å². The Hall–Kier alpha value is -2.54. The zero-order chi connectivity index (χ0) is 17.8. The lowest BCUT2D eigenvalue weighted by atomic mass is 9.89. The molecule has 126 valence electrons. The fourth-order valence-corrected chi connectivity index (χ4v) is 2.79. The van der Waals surface area contributed by atoms with Crippen LogP contribution in [-0.2, 0) is 0 Å². The van der Waals surface area contributed by atoms with Gasteiger partial charge in [0.1, 0.15) is 5.75 Å². The third-order valence-electron chi connectivity index (χ3n) is 3.89. The number of hydrogen-bond donors (Lipinski definition) is 1. The smallest absolute Gasteiger partial charge is 0.115 e. The van der Waals surface area contributed by atoms with Gasteiger partial charge in [-0.1, -0.05) is 55.5 Å². The minimum atomic E-state index is 0.312. The highest BCUT2D eigenvalue weighted by atomic mass is 16.3. The van der Waals surface area contributed by atoms with Crippen LogP contribution in [-0.4, -0.2) is 5.11 Å². The molecule has 0 atom stereocenters. The second-order valence-corrected chi connectivity index (χ2v) is 5.40. The second-order valence-electron chi connectivity index (χ2n) is 5.40. The molecule has 1 heteroatoms. The van der Waals surface area contributed by atoms with Crippen LogP contribution in [0.1, 0.15) is 43.7 Å². The van der Waals surface area contributed by atoms with Crippen LogP contribution in [0, 0.1) is 0 Å². The van der Waals surface area contributed by atoms with Gasteiger partial charge in [0, 0.05) is 0 Å². The number of benzene rings is 2. The van der Waals surface area contributed by atoms with Gasteiger partial charge in [0.05, 0.1) is 0 Å². The summed E-state index contributed by atoms with van der Waals surface area (Å²) in [4.78, 5) is 0. The minimum Gasteiger partial charge on any atom is -0.508 e. The molecule has 0 bridgehead atoms. The molecule has 0 aliphatic heterocycles. The molecule has 0 saturated carbocycles. The Bertz CT molecular complexity index is 635. The monoisotopic (exact) mass is 320 g/mol. The highest BCUT2D eigenvalue weighted by molar-refractivity contribution is 5.90. The molecule has 0 spiro atoms. The van der Waals surface area contributed by atoms with Gasteiger partial charge in [0.2, 0.25) is 0 Å². The highest BCUT2D eigenvalue weighted by Crippen LogP contribution is 2.33. The van der Waals surface area contributed by atoms with Crippen LogP contribution in [0.2, 0.25) is 0 Å². The maximum atomic E-state index is 9.54. The lowest BCUT2D eigenvalue weighted by Crippen LogP contribution is -1.93. The van der Waals surface area contributed by atoms with Gasteiger partial charge in [-0.15, -0.1) is 19.7 Å². The standard InChI is InChI=1S/C21H24O.C2H4/c1-3-5-7-12-21(18-13-15-19(22)16-14-18)20(4-2)17-10-8-6-9-11-17;1-2/h3,6,8-11,13-16,22H,1,4-5,7,12H2,2H3;1-2H2/b21-20-;. The zero-order valence-corrected chi connectivity index (χ0v) is 14.7. The summed E-state index contributed by atoms with van der Waals surface area (Å²) >= 11 is 0. The van der Waals surface area contributed by atoms with Crippen LogP contribution in [0.3, 0.4) is 0 Å². The molecule has 2 aromatic carbocycles. The molecule has 0 amide bonds. The fourth-order valence-electron chi connectivity index (χ4n) is 2.79. The van der Waals surface area contributed by atoms with E-state index in [2.05, 4.69) is 57.0 Å². The van der Waals surface area contributed by atoms with Crippen LogP contribution in [0.25, 0.3) is 11.1 Å². The third-order valence-corrected chi connectivity index (χ3v) is 3.89. The Morgan fingerprint density at radius 2 is 1.50 bits per heavy atom. The van der Waals surface area contributed by atoms with E-state index in [0.29, 0.717) is 5.75 Å². The molecule has 0 aliphatic rings. The Morgan fingerprint density at radius 1 is 0.917 bits per heavy atom. The van der Waals surface area contributed by atoms with Crippen molar-refractivity contribution in [2.75, 3.05) is 0 Å². The molecule has 0 unspecified atom stereocenters. The van der Waals surface area contributed by atoms with Crippen LogP contribution in [0.5, 0.6) is 5.75 Å². The quantitative estimate of drug-likeness (QED) is 0.335. The van der Waals surface area contributed by atoms with Gasteiger partial charge >= 0.3 is 0 Å². The summed E-state index contributed by atoms with van der Waals surface area (Å²) < 4.78 is 0. The van der Waals surface area contributed by atoms with E-state index in [9.17, 15) is 5.11 Å². The van der Waals surface area contributed by atoms with Crippen LogP contribution in [0.15, 0.2) is 80.4 Å². The van der Waals surface area contributed by atoms with Gasteiger partial charge in [0.15, 0.2) is 0 Å². The highest BCUT2D eigenvalue weighted by Gasteiger charge is 2.10. The van der Waals surface area contributed by atoms with E-state index in [4.69, 9.17) is 0 Å². The van der Waals surface area contributed by atoms with Gasteiger partial charge in [0.25, 0.3) is 0 Å². The molecular formula is C23H28O. The number of phenols is 1. The largest absolute Gasteiger partial charge is 0.508 e. The molecule has 0 radical (unpaired) electrons. The van der Waals surface area contributed by atoms with E-state index in [1.165, 1.54) is 22.3 Å². The zero-order valence-electron chi connectivity index (χ0n) is 14.7. The van der Waals surface area contributed by atoms with E-state index in [1.54, 1.807) is 12.1 Å². The molecule has 2 aromatic rings. The van der Waals surface area contributed by atoms with Crippen molar-refractivity contribution in [1.29, 1.82) is 0 Å². The summed E-state index contributed by atoms with van der Waals surface area (Å²) in [5, 5.41) is 9.54. The predicted molar refractivity (Wildman–Crippen MR) is 107 cm³/mol. The van der Waals surface area contributed by atoms with E-state index in [-0.39, 0.29) is 0 Å². The molecular weight excluding hydrogens is 292 g/mol. The SMILES string of the molecule is C=C.C=CCCC/C(=C(\CC)c1ccccc1)c1ccc(O)cc1. The summed E-state index contributed by atoms with van der Waals surface area (Å²) in [5.74, 6) is 0.312. The van der Waals surface area contributed by atoms with E-state index in [1.807, 2.05) is 18.2 Å². The number of aromatic hydroxyl groups is 1. The van der Waals surface area contributed by atoms with E-state index in [0.717, 1.165) is 25.7 Å². The summed E-state index contributed by atoms with van der Waals surface area (Å²) in [7, 11) is 0. The predicted octanol–water partition coefficient (Wildman–Crippen LogP) is 6.87. The van der Waals surface area contributed by atoms with Crippen LogP contribution in [0.4, 0.5) is 0 Å². The van der Waals surface area contributed by atoms with Crippen molar-refractivity contribution in [2.45, 2.75) is 32.6 Å². The van der Waals surface area contributed by atoms with Crippen molar-refractivity contribution in [2.24, 2.45) is 0 Å². The van der Waals surface area contributed by atoms with Crippen molar-refractivity contribution in [3.63, 3.8) is 0 Å². The molecule has 0 heterocycles.